The molecule has 1 aliphatic heterocycles. The van der Waals surface area contributed by atoms with Crippen molar-refractivity contribution in [2.75, 3.05) is 0 Å². The van der Waals surface area contributed by atoms with Gasteiger partial charge in [0, 0.05) is 4.91 Å². The van der Waals surface area contributed by atoms with Crippen molar-refractivity contribution < 1.29 is 14.9 Å². The molecule has 0 saturated carbocycles. The van der Waals surface area contributed by atoms with Gasteiger partial charge < -0.3 is 14.9 Å². The van der Waals surface area contributed by atoms with E-state index < -0.39 is 24.4 Å². The van der Waals surface area contributed by atoms with Gasteiger partial charge in [-0.1, -0.05) is 19.0 Å². The molecule has 1 heterocycles. The molecule has 15 heavy (non-hydrogen) atoms. The first-order valence-corrected chi connectivity index (χ1v) is 5.04. The highest BCUT2D eigenvalue weighted by atomic mass is 16.5. The van der Waals surface area contributed by atoms with Crippen molar-refractivity contribution in [2.24, 2.45) is 11.0 Å². The van der Waals surface area contributed by atoms with Gasteiger partial charge in [0.15, 0.2) is 0 Å². The van der Waals surface area contributed by atoms with Crippen LogP contribution in [0.15, 0.2) is 5.11 Å². The predicted molar refractivity (Wildman–Crippen MR) is 54.1 cm³/mol. The fraction of sp³-hybridized carbons (Fsp3) is 1.00. The largest absolute Gasteiger partial charge is 0.390 e. The Morgan fingerprint density at radius 2 is 1.93 bits per heavy atom. The first-order chi connectivity index (χ1) is 6.99. The topological polar surface area (TPSA) is 98.5 Å². The van der Waals surface area contributed by atoms with Crippen molar-refractivity contribution in [3.8, 4) is 0 Å². The van der Waals surface area contributed by atoms with Crippen LogP contribution in [-0.2, 0) is 4.74 Å². The van der Waals surface area contributed by atoms with Crippen molar-refractivity contribution in [1.82, 2.24) is 0 Å². The summed E-state index contributed by atoms with van der Waals surface area (Å²) < 4.78 is 5.52. The number of azide groups is 1. The van der Waals surface area contributed by atoms with Gasteiger partial charge in [0.1, 0.15) is 6.10 Å². The van der Waals surface area contributed by atoms with Gasteiger partial charge in [0.25, 0.3) is 0 Å². The Labute approximate surface area is 88.5 Å². The molecule has 0 spiro atoms. The van der Waals surface area contributed by atoms with E-state index in [1.165, 1.54) is 0 Å². The summed E-state index contributed by atoms with van der Waals surface area (Å²) >= 11 is 0. The quantitative estimate of drug-likeness (QED) is 0.405. The molecule has 1 fully saturated rings. The van der Waals surface area contributed by atoms with Crippen LogP contribution >= 0.6 is 0 Å². The van der Waals surface area contributed by atoms with Crippen molar-refractivity contribution in [3.63, 3.8) is 0 Å². The summed E-state index contributed by atoms with van der Waals surface area (Å²) in [5.41, 5.74) is 8.33. The summed E-state index contributed by atoms with van der Waals surface area (Å²) in [6.07, 6.45) is -2.86. The lowest BCUT2D eigenvalue weighted by Crippen LogP contribution is -2.57. The summed E-state index contributed by atoms with van der Waals surface area (Å²) in [6, 6.07) is -0.722. The van der Waals surface area contributed by atoms with Crippen LogP contribution in [0.4, 0.5) is 0 Å². The highest BCUT2D eigenvalue weighted by Gasteiger charge is 2.43. The zero-order chi connectivity index (χ0) is 11.6. The molecular weight excluding hydrogens is 198 g/mol. The maximum Gasteiger partial charge on any atom is 0.107 e. The number of rotatable bonds is 2. The molecule has 6 nitrogen and oxygen atoms in total. The van der Waals surface area contributed by atoms with Crippen LogP contribution < -0.4 is 0 Å². The van der Waals surface area contributed by atoms with E-state index in [1.54, 1.807) is 6.92 Å². The van der Waals surface area contributed by atoms with Crippen molar-refractivity contribution in [2.45, 2.75) is 51.2 Å². The third-order valence-electron chi connectivity index (χ3n) is 2.73. The van der Waals surface area contributed by atoms with Crippen molar-refractivity contribution in [1.29, 1.82) is 0 Å². The molecule has 0 aliphatic carbocycles. The van der Waals surface area contributed by atoms with E-state index in [1.807, 2.05) is 13.8 Å². The Morgan fingerprint density at radius 1 is 1.33 bits per heavy atom. The van der Waals surface area contributed by atoms with Gasteiger partial charge in [-0.05, 0) is 18.4 Å². The normalized spacial score (nSPS) is 41.3. The molecule has 0 aromatic carbocycles. The molecule has 86 valence electrons. The molecule has 6 heteroatoms. The van der Waals surface area contributed by atoms with E-state index in [9.17, 15) is 10.2 Å². The number of hydrogen-bond acceptors (Lipinski definition) is 4. The van der Waals surface area contributed by atoms with E-state index in [4.69, 9.17) is 10.3 Å². The monoisotopic (exact) mass is 215 g/mol. The second kappa shape index (κ2) is 4.81. The SMILES string of the molecule is CC(C)C1OC(C)C(N=[N+]=[N-])C(O)C1O. The maximum absolute atomic E-state index is 9.76. The molecule has 5 atom stereocenters. The lowest BCUT2D eigenvalue weighted by atomic mass is 9.89. The third kappa shape index (κ3) is 2.41. The first-order valence-electron chi connectivity index (χ1n) is 5.04. The number of aliphatic hydroxyl groups is 2. The second-order valence-corrected chi connectivity index (χ2v) is 4.23. The number of hydrogen-bond donors (Lipinski definition) is 2. The average molecular weight is 215 g/mol. The third-order valence-corrected chi connectivity index (χ3v) is 2.73. The Kier molecular flexibility index (Phi) is 3.93. The van der Waals surface area contributed by atoms with Crippen LogP contribution in [-0.4, -0.2) is 40.7 Å². The van der Waals surface area contributed by atoms with Crippen LogP contribution in [0.3, 0.4) is 0 Å². The minimum Gasteiger partial charge on any atom is -0.390 e. The summed E-state index contributed by atoms with van der Waals surface area (Å²) in [4.78, 5) is 2.64. The number of aliphatic hydroxyl groups excluding tert-OH is 2. The summed E-state index contributed by atoms with van der Waals surface area (Å²) in [6.45, 7) is 5.53. The van der Waals surface area contributed by atoms with Crippen LogP contribution in [0.1, 0.15) is 20.8 Å². The Balaban J connectivity index is 2.83. The van der Waals surface area contributed by atoms with Gasteiger partial charge in [0.05, 0.1) is 24.4 Å². The minimum absolute atomic E-state index is 0.101. The lowest BCUT2D eigenvalue weighted by Gasteiger charge is -2.41. The van der Waals surface area contributed by atoms with Crippen molar-refractivity contribution in [3.05, 3.63) is 10.4 Å². The van der Waals surface area contributed by atoms with Gasteiger partial charge >= 0.3 is 0 Å². The van der Waals surface area contributed by atoms with Gasteiger partial charge in [-0.3, -0.25) is 0 Å². The molecule has 0 radical (unpaired) electrons. The standard InChI is InChI=1S/C9H17N3O3/c1-4(2)9-8(14)7(13)6(11-12-10)5(3)15-9/h4-9,13-14H,1-3H3. The zero-order valence-electron chi connectivity index (χ0n) is 9.11. The smallest absolute Gasteiger partial charge is 0.107 e. The lowest BCUT2D eigenvalue weighted by molar-refractivity contribution is -0.186. The average Bonchev–Trinajstić information content (AvgIpc) is 2.18. The Morgan fingerprint density at radius 3 is 2.40 bits per heavy atom. The summed E-state index contributed by atoms with van der Waals surface area (Å²) in [5, 5.41) is 23.0. The predicted octanol–water partition coefficient (Wildman–Crippen LogP) is 0.830. The highest BCUT2D eigenvalue weighted by Crippen LogP contribution is 2.27. The first kappa shape index (κ1) is 12.3. The molecule has 0 amide bonds. The zero-order valence-corrected chi connectivity index (χ0v) is 9.11. The van der Waals surface area contributed by atoms with Gasteiger partial charge in [-0.2, -0.15) is 0 Å². The number of nitrogens with zero attached hydrogens (tertiary/aromatic N) is 3. The molecular formula is C9H17N3O3. The van der Waals surface area contributed by atoms with E-state index in [0.717, 1.165) is 0 Å². The minimum atomic E-state index is -1.06. The number of ether oxygens (including phenoxy) is 1. The van der Waals surface area contributed by atoms with Crippen LogP contribution in [0.2, 0.25) is 0 Å². The van der Waals surface area contributed by atoms with E-state index >= 15 is 0 Å². The fourth-order valence-corrected chi connectivity index (χ4v) is 1.86. The molecule has 5 unspecified atom stereocenters. The summed E-state index contributed by atoms with van der Waals surface area (Å²) in [7, 11) is 0. The summed E-state index contributed by atoms with van der Waals surface area (Å²) in [5.74, 6) is 0.101. The van der Waals surface area contributed by atoms with Gasteiger partial charge in [-0.15, -0.1) is 0 Å². The highest BCUT2D eigenvalue weighted by molar-refractivity contribution is 4.95. The van der Waals surface area contributed by atoms with Crippen LogP contribution in [0.5, 0.6) is 0 Å². The molecule has 1 aliphatic rings. The van der Waals surface area contributed by atoms with Gasteiger partial charge in [0.2, 0.25) is 0 Å². The van der Waals surface area contributed by atoms with Crippen molar-refractivity contribution >= 4 is 0 Å². The molecule has 0 bridgehead atoms. The fourth-order valence-electron chi connectivity index (χ4n) is 1.86. The maximum atomic E-state index is 9.76. The molecule has 1 rings (SSSR count). The van der Waals surface area contributed by atoms with Crippen LogP contribution in [0.25, 0.3) is 10.4 Å². The van der Waals surface area contributed by atoms with Gasteiger partial charge in [-0.25, -0.2) is 0 Å². The molecule has 1 saturated heterocycles. The molecule has 2 N–H and O–H groups in total. The Bertz CT molecular complexity index is 265. The molecule has 0 aromatic rings. The Hall–Kier alpha value is -0.810. The van der Waals surface area contributed by atoms with E-state index in [0.29, 0.717) is 0 Å². The molecule has 0 aromatic heterocycles. The second-order valence-electron chi connectivity index (χ2n) is 4.23. The van der Waals surface area contributed by atoms with Crippen LogP contribution in [0, 0.1) is 5.92 Å². The van der Waals surface area contributed by atoms with E-state index in [-0.39, 0.29) is 12.0 Å². The van der Waals surface area contributed by atoms with E-state index in [2.05, 4.69) is 10.0 Å².